The van der Waals surface area contributed by atoms with Crippen LogP contribution >= 0.6 is 12.2 Å². The van der Waals surface area contributed by atoms with Gasteiger partial charge in [0.2, 0.25) is 0 Å². The summed E-state index contributed by atoms with van der Waals surface area (Å²) in [5.41, 5.74) is 6.23. The molecule has 0 unspecified atom stereocenters. The van der Waals surface area contributed by atoms with E-state index in [0.717, 1.165) is 11.4 Å². The summed E-state index contributed by atoms with van der Waals surface area (Å²) in [5.74, 6) is 1.45. The maximum atomic E-state index is 5.48. The first kappa shape index (κ1) is 11.5. The van der Waals surface area contributed by atoms with Gasteiger partial charge in [-0.1, -0.05) is 12.2 Å². The van der Waals surface area contributed by atoms with Gasteiger partial charge in [-0.05, 0) is 12.1 Å². The SMILES string of the molecule is Cn1cnc(CNc2ccc(C(N)=S)cn2)n1. The van der Waals surface area contributed by atoms with E-state index in [4.69, 9.17) is 18.0 Å². The van der Waals surface area contributed by atoms with Crippen molar-refractivity contribution in [3.63, 3.8) is 0 Å². The van der Waals surface area contributed by atoms with Crippen molar-refractivity contribution in [1.82, 2.24) is 19.7 Å². The second-order valence-corrected chi connectivity index (χ2v) is 3.92. The van der Waals surface area contributed by atoms with E-state index in [0.29, 0.717) is 17.4 Å². The Labute approximate surface area is 104 Å². The van der Waals surface area contributed by atoms with Crippen molar-refractivity contribution in [2.45, 2.75) is 6.54 Å². The zero-order valence-electron chi connectivity index (χ0n) is 9.29. The summed E-state index contributed by atoms with van der Waals surface area (Å²) in [6.45, 7) is 0.528. The number of hydrogen-bond donors (Lipinski definition) is 2. The molecule has 0 aliphatic rings. The lowest BCUT2D eigenvalue weighted by atomic mass is 10.3. The van der Waals surface area contributed by atoms with E-state index in [1.54, 1.807) is 17.2 Å². The van der Waals surface area contributed by atoms with Gasteiger partial charge in [-0.2, -0.15) is 5.10 Å². The molecule has 2 aromatic heterocycles. The summed E-state index contributed by atoms with van der Waals surface area (Å²) in [6, 6.07) is 3.64. The molecule has 2 rings (SSSR count). The van der Waals surface area contributed by atoms with E-state index in [1.807, 2.05) is 19.2 Å². The normalized spacial score (nSPS) is 10.2. The van der Waals surface area contributed by atoms with Crippen molar-refractivity contribution < 1.29 is 0 Å². The molecule has 6 nitrogen and oxygen atoms in total. The van der Waals surface area contributed by atoms with Crippen LogP contribution in [0.4, 0.5) is 5.82 Å². The number of nitrogens with one attached hydrogen (secondary N) is 1. The van der Waals surface area contributed by atoms with E-state index < -0.39 is 0 Å². The first-order chi connectivity index (χ1) is 8.15. The van der Waals surface area contributed by atoms with Gasteiger partial charge < -0.3 is 11.1 Å². The predicted molar refractivity (Wildman–Crippen MR) is 68.5 cm³/mol. The Morgan fingerprint density at radius 2 is 2.29 bits per heavy atom. The van der Waals surface area contributed by atoms with Crippen molar-refractivity contribution in [2.75, 3.05) is 5.32 Å². The lowest BCUT2D eigenvalue weighted by molar-refractivity contribution is 0.747. The van der Waals surface area contributed by atoms with Crippen LogP contribution in [0.25, 0.3) is 0 Å². The second-order valence-electron chi connectivity index (χ2n) is 3.48. The maximum absolute atomic E-state index is 5.48. The molecular formula is C10H12N6S. The average Bonchev–Trinajstić information content (AvgIpc) is 2.73. The van der Waals surface area contributed by atoms with Gasteiger partial charge in [-0.15, -0.1) is 0 Å². The zero-order valence-corrected chi connectivity index (χ0v) is 10.1. The molecule has 0 saturated carbocycles. The van der Waals surface area contributed by atoms with Crippen molar-refractivity contribution in [3.8, 4) is 0 Å². The van der Waals surface area contributed by atoms with Gasteiger partial charge in [0.15, 0.2) is 5.82 Å². The maximum Gasteiger partial charge on any atom is 0.169 e. The largest absolute Gasteiger partial charge is 0.389 e. The van der Waals surface area contributed by atoms with E-state index in [2.05, 4.69) is 20.4 Å². The molecule has 0 spiro atoms. The quantitative estimate of drug-likeness (QED) is 0.765. The minimum Gasteiger partial charge on any atom is -0.389 e. The van der Waals surface area contributed by atoms with Crippen molar-refractivity contribution in [2.24, 2.45) is 12.8 Å². The van der Waals surface area contributed by atoms with E-state index in [1.165, 1.54) is 0 Å². The third-order valence-corrected chi connectivity index (χ3v) is 2.36. The summed E-state index contributed by atoms with van der Waals surface area (Å²) >= 11 is 4.84. The molecule has 0 aliphatic heterocycles. The standard InChI is InChI=1S/C10H12N6S/c1-16-6-14-9(15-16)5-13-8-3-2-7(4-12-8)10(11)17/h2-4,6H,5H2,1H3,(H2,11,17)(H,12,13). The summed E-state index contributed by atoms with van der Waals surface area (Å²) in [6.07, 6.45) is 3.29. The van der Waals surface area contributed by atoms with Gasteiger partial charge in [0, 0.05) is 18.8 Å². The van der Waals surface area contributed by atoms with Gasteiger partial charge in [-0.3, -0.25) is 4.68 Å². The van der Waals surface area contributed by atoms with Crippen molar-refractivity contribution in [3.05, 3.63) is 36.0 Å². The number of thiocarbonyl (C=S) groups is 1. The number of pyridine rings is 1. The number of hydrogen-bond acceptors (Lipinski definition) is 5. The Balaban J connectivity index is 1.97. The molecule has 3 N–H and O–H groups in total. The highest BCUT2D eigenvalue weighted by atomic mass is 32.1. The number of nitrogens with zero attached hydrogens (tertiary/aromatic N) is 4. The molecule has 2 aromatic rings. The van der Waals surface area contributed by atoms with Crippen LogP contribution in [0, 0.1) is 0 Å². The fourth-order valence-corrected chi connectivity index (χ4v) is 1.40. The fraction of sp³-hybridized carbons (Fsp3) is 0.200. The third kappa shape index (κ3) is 2.97. The van der Waals surface area contributed by atoms with Crippen LogP contribution in [-0.4, -0.2) is 24.7 Å². The summed E-state index contributed by atoms with van der Waals surface area (Å²) in [7, 11) is 1.83. The molecule has 0 bridgehead atoms. The Bertz CT molecular complexity index is 518. The summed E-state index contributed by atoms with van der Waals surface area (Å²) in [4.78, 5) is 8.62. The fourth-order valence-electron chi connectivity index (χ4n) is 1.28. The predicted octanol–water partition coefficient (Wildman–Crippen LogP) is 0.456. The highest BCUT2D eigenvalue weighted by Gasteiger charge is 2.00. The van der Waals surface area contributed by atoms with E-state index in [-0.39, 0.29) is 0 Å². The molecular weight excluding hydrogens is 236 g/mol. The van der Waals surface area contributed by atoms with Gasteiger partial charge in [0.05, 0.1) is 6.54 Å². The van der Waals surface area contributed by atoms with E-state index >= 15 is 0 Å². The molecule has 0 aliphatic carbocycles. The van der Waals surface area contributed by atoms with Crippen LogP contribution in [0.5, 0.6) is 0 Å². The molecule has 0 fully saturated rings. The van der Waals surface area contributed by atoms with Gasteiger partial charge in [-0.25, -0.2) is 9.97 Å². The highest BCUT2D eigenvalue weighted by molar-refractivity contribution is 7.80. The molecule has 0 aromatic carbocycles. The molecule has 0 atom stereocenters. The number of nitrogens with two attached hydrogens (primary N) is 1. The highest BCUT2D eigenvalue weighted by Crippen LogP contribution is 2.05. The zero-order chi connectivity index (χ0) is 12.3. The number of rotatable bonds is 4. The molecule has 2 heterocycles. The minimum absolute atomic E-state index is 0.343. The molecule has 0 saturated heterocycles. The Morgan fingerprint density at radius 3 is 2.82 bits per heavy atom. The van der Waals surface area contributed by atoms with Crippen LogP contribution in [0.1, 0.15) is 11.4 Å². The first-order valence-electron chi connectivity index (χ1n) is 4.99. The smallest absolute Gasteiger partial charge is 0.169 e. The van der Waals surface area contributed by atoms with Gasteiger partial charge in [0.25, 0.3) is 0 Å². The Hall–Kier alpha value is -2.02. The van der Waals surface area contributed by atoms with Gasteiger partial charge in [0.1, 0.15) is 17.1 Å². The number of aryl methyl sites for hydroxylation is 1. The van der Waals surface area contributed by atoms with Crippen LogP contribution in [0.15, 0.2) is 24.7 Å². The number of anilines is 1. The van der Waals surface area contributed by atoms with E-state index in [9.17, 15) is 0 Å². The minimum atomic E-state index is 0.343. The van der Waals surface area contributed by atoms with Crippen LogP contribution < -0.4 is 11.1 Å². The van der Waals surface area contributed by atoms with Gasteiger partial charge >= 0.3 is 0 Å². The molecule has 17 heavy (non-hydrogen) atoms. The Kier molecular flexibility index (Phi) is 3.29. The summed E-state index contributed by atoms with van der Waals surface area (Å²) < 4.78 is 1.65. The molecule has 7 heteroatoms. The monoisotopic (exact) mass is 248 g/mol. The van der Waals surface area contributed by atoms with Crippen molar-refractivity contribution in [1.29, 1.82) is 0 Å². The lowest BCUT2D eigenvalue weighted by Gasteiger charge is -2.03. The third-order valence-electron chi connectivity index (χ3n) is 2.12. The topological polar surface area (TPSA) is 81.7 Å². The summed E-state index contributed by atoms with van der Waals surface area (Å²) in [5, 5.41) is 7.25. The van der Waals surface area contributed by atoms with Crippen LogP contribution in [-0.2, 0) is 13.6 Å². The lowest BCUT2D eigenvalue weighted by Crippen LogP contribution is -2.10. The molecule has 0 amide bonds. The van der Waals surface area contributed by atoms with Crippen LogP contribution in [0.2, 0.25) is 0 Å². The molecule has 0 radical (unpaired) electrons. The first-order valence-corrected chi connectivity index (χ1v) is 5.40. The molecule has 88 valence electrons. The van der Waals surface area contributed by atoms with Crippen molar-refractivity contribution >= 4 is 23.0 Å². The average molecular weight is 248 g/mol. The second kappa shape index (κ2) is 4.88. The Morgan fingerprint density at radius 1 is 1.47 bits per heavy atom. The van der Waals surface area contributed by atoms with Crippen LogP contribution in [0.3, 0.4) is 0 Å². The number of aromatic nitrogens is 4.